The Kier molecular flexibility index (Phi) is 6.77. The fraction of sp³-hybridized carbons (Fsp3) is 0.379. The minimum absolute atomic E-state index is 0.0152. The van der Waals surface area contributed by atoms with Crippen LogP contribution in [-0.4, -0.2) is 91.3 Å². The first-order chi connectivity index (χ1) is 19.3. The fourth-order valence-electron chi connectivity index (χ4n) is 5.97. The number of urea groups is 1. The smallest absolute Gasteiger partial charge is 0.334 e. The summed E-state index contributed by atoms with van der Waals surface area (Å²) in [7, 11) is 3.94. The van der Waals surface area contributed by atoms with Gasteiger partial charge in [-0.25, -0.2) is 14.8 Å². The number of ether oxygens (including phenoxy) is 1. The lowest BCUT2D eigenvalue weighted by Crippen LogP contribution is -2.54. The van der Waals surface area contributed by atoms with Crippen LogP contribution < -0.4 is 15.6 Å². The number of likely N-dealkylation sites (tertiary alicyclic amines) is 1. The van der Waals surface area contributed by atoms with E-state index in [4.69, 9.17) is 10.5 Å². The SMILES string of the molecule is CN(C)c1ccc(C(=O)N2CCC(c3[nH]nc4c3C(=O)c3c-4cccc3N(C(N)=O)N3CCOCC3)CC2)cc1. The molecule has 0 spiro atoms. The maximum Gasteiger partial charge on any atom is 0.334 e. The monoisotopic (exact) mass is 543 g/mol. The van der Waals surface area contributed by atoms with Gasteiger partial charge in [-0.15, -0.1) is 0 Å². The number of nitrogens with zero attached hydrogens (tertiary/aromatic N) is 5. The minimum Gasteiger partial charge on any atom is -0.379 e. The molecule has 1 aliphatic carbocycles. The highest BCUT2D eigenvalue weighted by molar-refractivity contribution is 6.25. The molecule has 3 aliphatic rings. The molecule has 3 N–H and O–H groups in total. The molecule has 0 atom stereocenters. The van der Waals surface area contributed by atoms with Gasteiger partial charge in [-0.05, 0) is 43.2 Å². The average molecular weight is 544 g/mol. The van der Waals surface area contributed by atoms with E-state index < -0.39 is 6.03 Å². The Morgan fingerprint density at radius 3 is 2.35 bits per heavy atom. The normalized spacial score (nSPS) is 17.4. The molecule has 0 bridgehead atoms. The number of anilines is 2. The summed E-state index contributed by atoms with van der Waals surface area (Å²) in [6.07, 6.45) is 1.43. The van der Waals surface area contributed by atoms with Gasteiger partial charge < -0.3 is 20.3 Å². The summed E-state index contributed by atoms with van der Waals surface area (Å²) in [6.45, 7) is 3.11. The number of morpholine rings is 1. The highest BCUT2D eigenvalue weighted by atomic mass is 16.5. The lowest BCUT2D eigenvalue weighted by molar-refractivity contribution is 0.0364. The number of carbonyl (C=O) groups excluding carboxylic acids is 3. The van der Waals surface area contributed by atoms with Gasteiger partial charge >= 0.3 is 6.03 Å². The Labute approximate surface area is 232 Å². The first kappa shape index (κ1) is 26.0. The number of aromatic amines is 1. The van der Waals surface area contributed by atoms with Crippen LogP contribution in [0.25, 0.3) is 11.3 Å². The van der Waals surface area contributed by atoms with E-state index in [1.807, 2.05) is 65.3 Å². The minimum atomic E-state index is -0.650. The number of hydrogen-bond donors (Lipinski definition) is 2. The molecule has 11 nitrogen and oxygen atoms in total. The Bertz CT molecular complexity index is 1450. The summed E-state index contributed by atoms with van der Waals surface area (Å²) >= 11 is 0. The van der Waals surface area contributed by atoms with Crippen LogP contribution in [0, 0.1) is 0 Å². The summed E-state index contributed by atoms with van der Waals surface area (Å²) in [4.78, 5) is 43.5. The van der Waals surface area contributed by atoms with E-state index in [1.165, 1.54) is 5.01 Å². The Balaban J connectivity index is 1.21. The third-order valence-electron chi connectivity index (χ3n) is 8.07. The molecule has 0 saturated carbocycles. The number of nitrogens with one attached hydrogen (secondary N) is 1. The van der Waals surface area contributed by atoms with E-state index in [2.05, 4.69) is 10.2 Å². The largest absolute Gasteiger partial charge is 0.379 e. The molecule has 208 valence electrons. The average Bonchev–Trinajstić information content (AvgIpc) is 3.53. The molecule has 2 aromatic carbocycles. The molecule has 6 rings (SSSR count). The van der Waals surface area contributed by atoms with E-state index >= 15 is 0 Å². The highest BCUT2D eigenvalue weighted by Gasteiger charge is 2.40. The molecule has 0 unspecified atom stereocenters. The van der Waals surface area contributed by atoms with Crippen molar-refractivity contribution in [3.05, 3.63) is 64.8 Å². The molecule has 3 heterocycles. The molecule has 40 heavy (non-hydrogen) atoms. The zero-order chi connectivity index (χ0) is 28.0. The number of ketones is 1. The Morgan fingerprint density at radius 2 is 1.70 bits per heavy atom. The fourth-order valence-corrected chi connectivity index (χ4v) is 5.97. The molecule has 0 radical (unpaired) electrons. The number of hydrazine groups is 1. The summed E-state index contributed by atoms with van der Waals surface area (Å²) < 4.78 is 5.43. The quantitative estimate of drug-likeness (QED) is 0.396. The van der Waals surface area contributed by atoms with Gasteiger partial charge in [-0.1, -0.05) is 12.1 Å². The first-order valence-electron chi connectivity index (χ1n) is 13.6. The zero-order valence-corrected chi connectivity index (χ0v) is 22.7. The molecular formula is C29H33N7O4. The van der Waals surface area contributed by atoms with Crippen molar-refractivity contribution in [3.63, 3.8) is 0 Å². The highest BCUT2D eigenvalue weighted by Crippen LogP contribution is 2.44. The van der Waals surface area contributed by atoms with Crippen molar-refractivity contribution < 1.29 is 19.1 Å². The summed E-state index contributed by atoms with van der Waals surface area (Å²) in [6, 6.07) is 12.4. The third kappa shape index (κ3) is 4.40. The van der Waals surface area contributed by atoms with Crippen LogP contribution in [-0.2, 0) is 4.74 Å². The molecule has 3 aromatic rings. The predicted octanol–water partition coefficient (Wildman–Crippen LogP) is 2.84. The molecule has 11 heteroatoms. The molecular weight excluding hydrogens is 510 g/mol. The summed E-state index contributed by atoms with van der Waals surface area (Å²) in [5.41, 5.74) is 11.1. The summed E-state index contributed by atoms with van der Waals surface area (Å²) in [5.74, 6) is -0.0886. The molecule has 1 aromatic heterocycles. The number of aromatic nitrogens is 2. The number of piperidine rings is 1. The number of benzene rings is 2. The topological polar surface area (TPSA) is 128 Å². The standard InChI is InChI=1S/C29H33N7O4/c1-33(2)20-8-6-19(7-9-20)28(38)34-12-10-18(11-13-34)25-24-26(32-31-25)21-4-3-5-22(23(21)27(24)37)36(29(30)39)35-14-16-40-17-15-35/h3-9,18H,10-17H2,1-2H3,(H2,30,39)(H,31,32). The van der Waals surface area contributed by atoms with E-state index in [0.29, 0.717) is 85.9 Å². The van der Waals surface area contributed by atoms with Gasteiger partial charge in [0.2, 0.25) is 0 Å². The van der Waals surface area contributed by atoms with E-state index in [9.17, 15) is 14.4 Å². The van der Waals surface area contributed by atoms with Crippen molar-refractivity contribution in [2.45, 2.75) is 18.8 Å². The lowest BCUT2D eigenvalue weighted by atomic mass is 9.90. The van der Waals surface area contributed by atoms with Gasteiger partial charge in [-0.2, -0.15) is 5.10 Å². The molecule has 2 aliphatic heterocycles. The Hall–Kier alpha value is -4.22. The molecule has 3 amide bonds. The van der Waals surface area contributed by atoms with Crippen molar-refractivity contribution in [2.24, 2.45) is 5.73 Å². The van der Waals surface area contributed by atoms with Crippen LogP contribution in [0.2, 0.25) is 0 Å². The van der Waals surface area contributed by atoms with Crippen LogP contribution in [0.1, 0.15) is 50.7 Å². The number of carbonyl (C=O) groups is 3. The number of hydrogen-bond acceptors (Lipinski definition) is 7. The van der Waals surface area contributed by atoms with Crippen molar-refractivity contribution in [3.8, 4) is 11.3 Å². The predicted molar refractivity (Wildman–Crippen MR) is 151 cm³/mol. The second kappa shape index (κ2) is 10.4. The maximum atomic E-state index is 13.9. The van der Waals surface area contributed by atoms with Gasteiger partial charge in [0.15, 0.2) is 5.78 Å². The number of nitrogens with two attached hydrogens (primary N) is 1. The van der Waals surface area contributed by atoms with Crippen LogP contribution in [0.15, 0.2) is 42.5 Å². The van der Waals surface area contributed by atoms with Crippen LogP contribution in [0.3, 0.4) is 0 Å². The van der Waals surface area contributed by atoms with Crippen molar-refractivity contribution >= 4 is 29.1 Å². The number of H-pyrrole nitrogens is 1. The summed E-state index contributed by atoms with van der Waals surface area (Å²) in [5, 5.41) is 10.9. The molecule has 2 fully saturated rings. The van der Waals surface area contributed by atoms with Crippen LogP contribution in [0.5, 0.6) is 0 Å². The van der Waals surface area contributed by atoms with Crippen LogP contribution >= 0.6 is 0 Å². The number of rotatable bonds is 5. The number of primary amides is 1. The van der Waals surface area contributed by atoms with Gasteiger partial charge in [0.05, 0.1) is 35.7 Å². The molecule has 2 saturated heterocycles. The van der Waals surface area contributed by atoms with Gasteiger partial charge in [0, 0.05) is 63.0 Å². The van der Waals surface area contributed by atoms with Gasteiger partial charge in [0.1, 0.15) is 5.69 Å². The van der Waals surface area contributed by atoms with Gasteiger partial charge in [0.25, 0.3) is 5.91 Å². The third-order valence-corrected chi connectivity index (χ3v) is 8.07. The second-order valence-electron chi connectivity index (χ2n) is 10.6. The number of amides is 3. The van der Waals surface area contributed by atoms with Crippen molar-refractivity contribution in [1.29, 1.82) is 0 Å². The Morgan fingerprint density at radius 1 is 1.00 bits per heavy atom. The van der Waals surface area contributed by atoms with Crippen molar-refractivity contribution in [2.75, 3.05) is 63.4 Å². The maximum absolute atomic E-state index is 13.9. The van der Waals surface area contributed by atoms with E-state index in [1.54, 1.807) is 6.07 Å². The first-order valence-corrected chi connectivity index (χ1v) is 13.6. The van der Waals surface area contributed by atoms with E-state index in [0.717, 1.165) is 11.4 Å². The van der Waals surface area contributed by atoms with Gasteiger partial charge in [-0.3, -0.25) is 14.7 Å². The van der Waals surface area contributed by atoms with E-state index in [-0.39, 0.29) is 17.6 Å². The zero-order valence-electron chi connectivity index (χ0n) is 22.7. The number of fused-ring (bicyclic) bond motifs is 3. The van der Waals surface area contributed by atoms with Crippen molar-refractivity contribution in [1.82, 2.24) is 20.1 Å². The van der Waals surface area contributed by atoms with Crippen LogP contribution in [0.4, 0.5) is 16.2 Å². The second-order valence-corrected chi connectivity index (χ2v) is 10.6. The lowest BCUT2D eigenvalue weighted by Gasteiger charge is -2.36.